The summed E-state index contributed by atoms with van der Waals surface area (Å²) in [5.74, 6) is 0.399. The molecule has 0 fully saturated rings. The van der Waals surface area contributed by atoms with Gasteiger partial charge in [0, 0.05) is 11.3 Å². The number of aryl methyl sites for hydroxylation is 2. The number of fused-ring (bicyclic) bond motifs is 1. The smallest absolute Gasteiger partial charge is 0.278 e. The maximum absolute atomic E-state index is 12.7. The topological polar surface area (TPSA) is 81.4 Å². The third kappa shape index (κ3) is 2.96. The van der Waals surface area contributed by atoms with Crippen molar-refractivity contribution in [2.45, 2.75) is 13.8 Å². The Balaban J connectivity index is 1.80. The second-order valence-corrected chi connectivity index (χ2v) is 6.35. The van der Waals surface area contributed by atoms with E-state index in [2.05, 4.69) is 20.6 Å². The van der Waals surface area contributed by atoms with Crippen molar-refractivity contribution in [3.8, 4) is 16.9 Å². The van der Waals surface area contributed by atoms with Crippen molar-refractivity contribution in [1.29, 1.82) is 0 Å². The summed E-state index contributed by atoms with van der Waals surface area (Å²) in [6.45, 7) is 3.71. The summed E-state index contributed by atoms with van der Waals surface area (Å²) in [6, 6.07) is 16.9. The number of hydrogen-bond donors (Lipinski definition) is 1. The Morgan fingerprint density at radius 3 is 2.46 bits per heavy atom. The number of methoxy groups -OCH3 is 1. The van der Waals surface area contributed by atoms with Gasteiger partial charge in [-0.1, -0.05) is 36.4 Å². The number of benzene rings is 2. The minimum Gasteiger partial charge on any atom is -0.496 e. The quantitative estimate of drug-likeness (QED) is 0.590. The van der Waals surface area contributed by atoms with Crippen LogP contribution in [0.15, 0.2) is 54.6 Å². The molecule has 0 unspecified atom stereocenters. The number of ether oxygens (including phenoxy) is 1. The first-order chi connectivity index (χ1) is 13.6. The SMILES string of the molecule is COc1ccccc1-c1c(C)nn2c(C)c(C(=O)Nc3ccccc3)nnc12. The van der Waals surface area contributed by atoms with E-state index >= 15 is 0 Å². The van der Waals surface area contributed by atoms with Crippen molar-refractivity contribution in [2.24, 2.45) is 0 Å². The van der Waals surface area contributed by atoms with Crippen LogP contribution in [0.25, 0.3) is 16.8 Å². The Labute approximate surface area is 162 Å². The zero-order chi connectivity index (χ0) is 19.7. The lowest BCUT2D eigenvalue weighted by atomic mass is 10.1. The average molecular weight is 373 g/mol. The Morgan fingerprint density at radius 2 is 1.71 bits per heavy atom. The van der Waals surface area contributed by atoms with Crippen LogP contribution < -0.4 is 10.1 Å². The molecule has 0 saturated carbocycles. The van der Waals surface area contributed by atoms with Crippen molar-refractivity contribution in [3.05, 3.63) is 71.7 Å². The van der Waals surface area contributed by atoms with Crippen LogP contribution >= 0.6 is 0 Å². The van der Waals surface area contributed by atoms with Crippen LogP contribution in [-0.2, 0) is 0 Å². The van der Waals surface area contributed by atoms with Gasteiger partial charge in [-0.3, -0.25) is 4.79 Å². The molecule has 140 valence electrons. The minimum absolute atomic E-state index is 0.227. The molecule has 28 heavy (non-hydrogen) atoms. The maximum Gasteiger partial charge on any atom is 0.278 e. The Hall–Kier alpha value is -3.74. The third-order valence-electron chi connectivity index (χ3n) is 4.56. The van der Waals surface area contributed by atoms with Crippen LogP contribution in [0.4, 0.5) is 5.69 Å². The summed E-state index contributed by atoms with van der Waals surface area (Å²) >= 11 is 0. The first kappa shape index (κ1) is 17.7. The van der Waals surface area contributed by atoms with Gasteiger partial charge in [0.1, 0.15) is 5.75 Å². The molecule has 7 heteroatoms. The summed E-state index contributed by atoms with van der Waals surface area (Å²) in [4.78, 5) is 12.7. The Bertz CT molecular complexity index is 1170. The van der Waals surface area contributed by atoms with Gasteiger partial charge >= 0.3 is 0 Å². The molecule has 1 N–H and O–H groups in total. The fourth-order valence-electron chi connectivity index (χ4n) is 3.20. The van der Waals surface area contributed by atoms with E-state index in [0.717, 1.165) is 22.6 Å². The molecule has 1 amide bonds. The first-order valence-corrected chi connectivity index (χ1v) is 8.82. The van der Waals surface area contributed by atoms with Crippen molar-refractivity contribution in [1.82, 2.24) is 19.8 Å². The van der Waals surface area contributed by atoms with E-state index in [1.54, 1.807) is 18.5 Å². The lowest BCUT2D eigenvalue weighted by molar-refractivity contribution is 0.102. The molecule has 2 heterocycles. The summed E-state index contributed by atoms with van der Waals surface area (Å²) in [5.41, 5.74) is 4.61. The Kier molecular flexibility index (Phi) is 4.49. The van der Waals surface area contributed by atoms with Gasteiger partial charge < -0.3 is 10.1 Å². The number of carbonyl (C=O) groups is 1. The zero-order valence-corrected chi connectivity index (χ0v) is 15.8. The molecule has 0 saturated heterocycles. The van der Waals surface area contributed by atoms with Gasteiger partial charge in [-0.05, 0) is 32.0 Å². The molecule has 0 aliphatic heterocycles. The lowest BCUT2D eigenvalue weighted by Gasteiger charge is -2.09. The number of hydrogen-bond acceptors (Lipinski definition) is 5. The maximum atomic E-state index is 12.7. The van der Waals surface area contributed by atoms with Gasteiger partial charge in [-0.2, -0.15) is 5.10 Å². The van der Waals surface area contributed by atoms with E-state index in [0.29, 0.717) is 17.0 Å². The highest BCUT2D eigenvalue weighted by molar-refractivity contribution is 6.03. The Morgan fingerprint density at radius 1 is 1.00 bits per heavy atom. The van der Waals surface area contributed by atoms with Crippen LogP contribution in [0.1, 0.15) is 21.9 Å². The van der Waals surface area contributed by atoms with Gasteiger partial charge in [-0.25, -0.2) is 4.52 Å². The van der Waals surface area contributed by atoms with Crippen molar-refractivity contribution >= 4 is 17.2 Å². The normalized spacial score (nSPS) is 10.8. The number of carbonyl (C=O) groups excluding carboxylic acids is 1. The van der Waals surface area contributed by atoms with Gasteiger partial charge in [-0.15, -0.1) is 10.2 Å². The monoisotopic (exact) mass is 373 g/mol. The van der Waals surface area contributed by atoms with E-state index in [9.17, 15) is 4.79 Å². The number of rotatable bonds is 4. The molecule has 0 atom stereocenters. The molecule has 0 aliphatic carbocycles. The molecule has 0 spiro atoms. The van der Waals surface area contributed by atoms with Gasteiger partial charge in [0.25, 0.3) is 5.91 Å². The van der Waals surface area contributed by atoms with Crippen LogP contribution in [0.3, 0.4) is 0 Å². The molecule has 4 aromatic rings. The molecular formula is C21H19N5O2. The number of aromatic nitrogens is 4. The van der Waals surface area contributed by atoms with Crippen LogP contribution in [0.2, 0.25) is 0 Å². The van der Waals surface area contributed by atoms with E-state index < -0.39 is 0 Å². The van der Waals surface area contributed by atoms with Crippen LogP contribution in [0, 0.1) is 13.8 Å². The van der Waals surface area contributed by atoms with Gasteiger partial charge in [0.15, 0.2) is 11.3 Å². The fourth-order valence-corrected chi connectivity index (χ4v) is 3.20. The van der Waals surface area contributed by atoms with Gasteiger partial charge in [0.05, 0.1) is 24.1 Å². The van der Waals surface area contributed by atoms with E-state index in [-0.39, 0.29) is 11.6 Å². The standard InChI is InChI=1S/C21H19N5O2/c1-13-18(16-11-7-8-12-17(16)28-3)20-24-23-19(14(2)26(20)25-13)21(27)22-15-9-5-4-6-10-15/h4-12H,1-3H3,(H,22,27). The van der Waals surface area contributed by atoms with Crippen LogP contribution in [0.5, 0.6) is 5.75 Å². The highest BCUT2D eigenvalue weighted by Crippen LogP contribution is 2.34. The third-order valence-corrected chi connectivity index (χ3v) is 4.56. The fraction of sp³-hybridized carbons (Fsp3) is 0.143. The van der Waals surface area contributed by atoms with E-state index in [1.807, 2.05) is 61.5 Å². The van der Waals surface area contributed by atoms with E-state index in [1.165, 1.54) is 0 Å². The van der Waals surface area contributed by atoms with Crippen molar-refractivity contribution in [3.63, 3.8) is 0 Å². The molecular weight excluding hydrogens is 354 g/mol. The molecule has 0 aliphatic rings. The number of nitrogens with one attached hydrogen (secondary N) is 1. The molecule has 0 radical (unpaired) electrons. The molecule has 0 bridgehead atoms. The van der Waals surface area contributed by atoms with Crippen molar-refractivity contribution < 1.29 is 9.53 Å². The molecule has 2 aromatic heterocycles. The number of anilines is 1. The summed E-state index contributed by atoms with van der Waals surface area (Å²) in [6.07, 6.45) is 0. The molecule has 2 aromatic carbocycles. The zero-order valence-electron chi connectivity index (χ0n) is 15.8. The average Bonchev–Trinajstić information content (AvgIpc) is 3.05. The minimum atomic E-state index is -0.329. The van der Waals surface area contributed by atoms with Crippen molar-refractivity contribution in [2.75, 3.05) is 12.4 Å². The number of nitrogens with zero attached hydrogens (tertiary/aromatic N) is 4. The molecule has 4 rings (SSSR count). The predicted molar refractivity (Wildman–Crippen MR) is 107 cm³/mol. The number of amides is 1. The first-order valence-electron chi connectivity index (χ1n) is 8.82. The van der Waals surface area contributed by atoms with Crippen LogP contribution in [-0.4, -0.2) is 32.8 Å². The summed E-state index contributed by atoms with van der Waals surface area (Å²) in [5, 5.41) is 15.9. The molecule has 7 nitrogen and oxygen atoms in total. The van der Waals surface area contributed by atoms with Gasteiger partial charge in [0.2, 0.25) is 0 Å². The second kappa shape index (κ2) is 7.11. The summed E-state index contributed by atoms with van der Waals surface area (Å²) < 4.78 is 7.14. The largest absolute Gasteiger partial charge is 0.496 e. The number of para-hydroxylation sites is 2. The highest BCUT2D eigenvalue weighted by atomic mass is 16.5. The lowest BCUT2D eigenvalue weighted by Crippen LogP contribution is -2.18. The second-order valence-electron chi connectivity index (χ2n) is 6.35. The highest BCUT2D eigenvalue weighted by Gasteiger charge is 2.21. The predicted octanol–water partition coefficient (Wildman–Crippen LogP) is 3.67. The summed E-state index contributed by atoms with van der Waals surface area (Å²) in [7, 11) is 1.63. The van der Waals surface area contributed by atoms with E-state index in [4.69, 9.17) is 4.74 Å².